The molecule has 3 heteroatoms. The molecule has 0 radical (unpaired) electrons. The Bertz CT molecular complexity index is 1910. The van der Waals surface area contributed by atoms with Gasteiger partial charge in [0.1, 0.15) is 5.75 Å². The summed E-state index contributed by atoms with van der Waals surface area (Å²) in [7, 11) is 0.00103. The summed E-state index contributed by atoms with van der Waals surface area (Å²) in [5.41, 5.74) is 12.8. The van der Waals surface area contributed by atoms with E-state index in [2.05, 4.69) is 179 Å². The van der Waals surface area contributed by atoms with Crippen molar-refractivity contribution in [2.45, 2.75) is 110 Å². The van der Waals surface area contributed by atoms with E-state index in [0.29, 0.717) is 35.5 Å². The molecular weight excluding hydrogens is 796 g/mol. The Morgan fingerprint density at radius 3 is 1.64 bits per heavy atom. The molecule has 8 unspecified atom stereocenters. The largest absolute Gasteiger partial charge is 4.00 e. The Kier molecular flexibility index (Phi) is 17.4. The number of methoxy groups -OCH3 is 1. The van der Waals surface area contributed by atoms with Gasteiger partial charge in [-0.15, -0.1) is 0 Å². The molecule has 0 heterocycles. The average molecular weight is 875 g/mol. The summed E-state index contributed by atoms with van der Waals surface area (Å²) >= 11 is 0. The van der Waals surface area contributed by atoms with E-state index in [1.807, 2.05) is 7.11 Å². The van der Waals surface area contributed by atoms with Gasteiger partial charge < -0.3 is 34.4 Å². The minimum Gasteiger partial charge on any atom is -0.496 e. The molecule has 1 nitrogen and oxygen atoms in total. The van der Waals surface area contributed by atoms with Crippen LogP contribution >= 0.6 is 0 Å². The Balaban J connectivity index is 0.00000232. The van der Waals surface area contributed by atoms with Crippen LogP contribution < -0.4 is 4.74 Å². The normalized spacial score (nSPS) is 26.0. The topological polar surface area (TPSA) is 9.23 Å². The van der Waals surface area contributed by atoms with Crippen LogP contribution in [0.2, 0.25) is 24.2 Å². The molecule has 2 fully saturated rings. The number of hydrogen-bond donors (Lipinski definition) is 0. The fraction of sp³-hybridized carbons (Fsp3) is 0.455. The van der Waals surface area contributed by atoms with Gasteiger partial charge >= 0.3 is 26.2 Å². The number of allylic oxidation sites excluding steroid dienone is 8. The van der Waals surface area contributed by atoms with Crippen LogP contribution in [0.1, 0.15) is 97.4 Å². The molecule has 0 amide bonds. The van der Waals surface area contributed by atoms with Crippen LogP contribution in [0.4, 0.5) is 0 Å². The van der Waals surface area contributed by atoms with Crippen LogP contribution in [0.15, 0.2) is 103 Å². The maximum atomic E-state index is 6.19. The zero-order valence-corrected chi connectivity index (χ0v) is 42.8. The summed E-state index contributed by atoms with van der Waals surface area (Å²) in [6.45, 7) is 27.3. The van der Waals surface area contributed by atoms with E-state index in [-0.39, 0.29) is 66.7 Å². The zero-order chi connectivity index (χ0) is 38.0. The van der Waals surface area contributed by atoms with Crippen molar-refractivity contribution in [3.05, 3.63) is 155 Å². The quantitative estimate of drug-likeness (QED) is 0.170. The van der Waals surface area contributed by atoms with E-state index in [0.717, 1.165) is 22.7 Å². The smallest absolute Gasteiger partial charge is 0.496 e. The third-order valence-corrected chi connectivity index (χ3v) is 19.3. The van der Waals surface area contributed by atoms with Gasteiger partial charge in [0.15, 0.2) is 0 Å². The van der Waals surface area contributed by atoms with Gasteiger partial charge in [-0.05, 0) is 122 Å². The Labute approximate surface area is 378 Å². The molecule has 7 rings (SSSR count). The molecule has 3 aromatic rings. The van der Waals surface area contributed by atoms with Gasteiger partial charge in [0.25, 0.3) is 0 Å². The van der Waals surface area contributed by atoms with Crippen molar-refractivity contribution in [1.29, 1.82) is 0 Å². The number of hydrogen-bond acceptors (Lipinski definition) is 1. The number of rotatable bonds is 7. The molecule has 4 aliphatic carbocycles. The van der Waals surface area contributed by atoms with Crippen molar-refractivity contribution in [3.63, 3.8) is 0 Å². The Morgan fingerprint density at radius 1 is 0.638 bits per heavy atom. The predicted octanol–water partition coefficient (Wildman–Crippen LogP) is 16.0. The molecule has 58 heavy (non-hydrogen) atoms. The molecule has 0 bridgehead atoms. The Morgan fingerprint density at radius 2 is 1.12 bits per heavy atom. The summed E-state index contributed by atoms with van der Waals surface area (Å²) in [6, 6.07) is 25.2. The molecule has 8 atom stereocenters. The molecule has 0 saturated heterocycles. The summed E-state index contributed by atoms with van der Waals surface area (Å²) in [5, 5.41) is 0. The van der Waals surface area contributed by atoms with Crippen LogP contribution in [0.25, 0.3) is 22.3 Å². The van der Waals surface area contributed by atoms with Gasteiger partial charge in [0.2, 0.25) is 0 Å². The van der Waals surface area contributed by atoms with E-state index >= 15 is 0 Å². The fourth-order valence-corrected chi connectivity index (χ4v) is 18.3. The standard InChI is InChI=1S/C51H66OSi.4CH3.Zr/c1-32(2)42-31-44-39(38-23-17-16-22-36(38)34-20-14-13-15-21-34)25-19-27-41(44)49(42)53(11,12)48-33(3)28-43-37(24-18-26-40(43)48)35-29-45(50(4,5)6)47(52-10)46(30-35)51(7,8)9;;;;;/h13-27,29-30,32-33,40-44,48-49H,28,31H2,1-12H3;4*1H3;/q;4*-1;+4. The monoisotopic (exact) mass is 872 g/mol. The number of ether oxygens (including phenoxy) is 1. The van der Waals surface area contributed by atoms with Crippen LogP contribution in [0.3, 0.4) is 0 Å². The van der Waals surface area contributed by atoms with Gasteiger partial charge in [-0.25, -0.2) is 0 Å². The van der Waals surface area contributed by atoms with Crippen molar-refractivity contribution in [2.75, 3.05) is 7.11 Å². The first-order chi connectivity index (χ1) is 25.0. The van der Waals surface area contributed by atoms with Crippen molar-refractivity contribution in [3.8, 4) is 16.9 Å². The predicted molar refractivity (Wildman–Crippen MR) is 258 cm³/mol. The summed E-state index contributed by atoms with van der Waals surface area (Å²) < 4.78 is 6.19. The first-order valence-corrected chi connectivity index (χ1v) is 23.8. The number of fused-ring (bicyclic) bond motifs is 2. The minimum absolute atomic E-state index is 0. The zero-order valence-electron chi connectivity index (χ0n) is 39.3. The van der Waals surface area contributed by atoms with Gasteiger partial charge in [-0.1, -0.05) is 166 Å². The van der Waals surface area contributed by atoms with Gasteiger partial charge in [0, 0.05) is 11.1 Å². The van der Waals surface area contributed by atoms with E-state index in [9.17, 15) is 0 Å². The molecule has 2 saturated carbocycles. The molecule has 0 aliphatic heterocycles. The van der Waals surface area contributed by atoms with E-state index in [1.54, 1.807) is 11.1 Å². The van der Waals surface area contributed by atoms with Crippen LogP contribution in [-0.2, 0) is 37.0 Å². The van der Waals surface area contributed by atoms with Gasteiger partial charge in [0.05, 0.1) is 15.2 Å². The average Bonchev–Trinajstić information content (AvgIpc) is 3.69. The maximum absolute atomic E-state index is 6.19. The van der Waals surface area contributed by atoms with Crippen molar-refractivity contribution < 1.29 is 30.9 Å². The molecule has 0 N–H and O–H groups in total. The van der Waals surface area contributed by atoms with E-state index < -0.39 is 8.07 Å². The summed E-state index contributed by atoms with van der Waals surface area (Å²) in [4.78, 5) is 0. The molecule has 0 aromatic heterocycles. The minimum atomic E-state index is -1.85. The molecular formula is C55H78OSiZr. The van der Waals surface area contributed by atoms with Crippen molar-refractivity contribution >= 4 is 19.2 Å². The third-order valence-electron chi connectivity index (χ3n) is 14.1. The second-order valence-corrected chi connectivity index (χ2v) is 25.1. The Hall–Kier alpha value is -2.48. The molecule has 3 aromatic carbocycles. The van der Waals surface area contributed by atoms with Crippen molar-refractivity contribution in [1.82, 2.24) is 0 Å². The molecule has 4 aliphatic rings. The summed E-state index contributed by atoms with van der Waals surface area (Å²) in [5.74, 6) is 5.52. The molecule has 312 valence electrons. The van der Waals surface area contributed by atoms with E-state index in [4.69, 9.17) is 4.74 Å². The van der Waals surface area contributed by atoms with Crippen LogP contribution in [0.5, 0.6) is 5.75 Å². The maximum Gasteiger partial charge on any atom is 4.00 e. The number of benzene rings is 3. The third kappa shape index (κ3) is 9.22. The fourth-order valence-electron chi connectivity index (χ4n) is 12.0. The summed E-state index contributed by atoms with van der Waals surface area (Å²) in [6.07, 6.45) is 17.7. The van der Waals surface area contributed by atoms with E-state index in [1.165, 1.54) is 46.2 Å². The first kappa shape index (κ1) is 51.7. The van der Waals surface area contributed by atoms with Crippen LogP contribution in [-0.4, -0.2) is 15.2 Å². The second kappa shape index (κ2) is 19.5. The molecule has 0 spiro atoms. The van der Waals surface area contributed by atoms with Gasteiger partial charge in [-0.2, -0.15) is 0 Å². The van der Waals surface area contributed by atoms with Gasteiger partial charge in [-0.3, -0.25) is 0 Å². The van der Waals surface area contributed by atoms with Crippen molar-refractivity contribution in [2.24, 2.45) is 41.4 Å². The second-order valence-electron chi connectivity index (χ2n) is 20.1. The SMILES string of the molecule is COc1c(C(C)(C)C)cc(C2=CC=CC3C2CC(C)C3[Si](C)(C)C2C3C=CC=C(c4ccccc4-c4ccccc4)C3CC2C(C)C)cc1C(C)(C)C.[CH3-].[CH3-].[CH3-].[CH3-].[Zr+4]. The first-order valence-electron chi connectivity index (χ1n) is 20.7. The van der Waals surface area contributed by atoms with Crippen LogP contribution in [0, 0.1) is 71.1 Å².